The van der Waals surface area contributed by atoms with Crippen molar-refractivity contribution in [3.8, 4) is 17.2 Å². The predicted octanol–water partition coefficient (Wildman–Crippen LogP) is 5.28. The van der Waals surface area contributed by atoms with Gasteiger partial charge in [-0.3, -0.25) is 0 Å². The number of nitrogens with one attached hydrogen (secondary N) is 1. The minimum atomic E-state index is -0.776. The van der Waals surface area contributed by atoms with Crippen molar-refractivity contribution in [2.45, 2.75) is 32.9 Å². The third-order valence-electron chi connectivity index (χ3n) is 5.62. The molecule has 3 rings (SSSR count). The van der Waals surface area contributed by atoms with Crippen LogP contribution in [0.1, 0.15) is 40.8 Å². The molecular weight excluding hydrogens is 390 g/mol. The van der Waals surface area contributed by atoms with Gasteiger partial charge in [-0.2, -0.15) is 0 Å². The SMILES string of the molecule is CCc1ccc(NCc2ccc(OC)cc2OC)c(C(O)c2cccc(OC)c2C)c1. The summed E-state index contributed by atoms with van der Waals surface area (Å²) in [4.78, 5) is 0. The van der Waals surface area contributed by atoms with Crippen molar-refractivity contribution in [2.24, 2.45) is 0 Å². The zero-order valence-corrected chi connectivity index (χ0v) is 18.9. The second-order valence-corrected chi connectivity index (χ2v) is 7.38. The number of aliphatic hydroxyl groups is 1. The van der Waals surface area contributed by atoms with Gasteiger partial charge in [-0.25, -0.2) is 0 Å². The highest BCUT2D eigenvalue weighted by atomic mass is 16.5. The van der Waals surface area contributed by atoms with E-state index in [1.165, 1.54) is 5.56 Å². The van der Waals surface area contributed by atoms with Gasteiger partial charge < -0.3 is 24.6 Å². The first-order valence-corrected chi connectivity index (χ1v) is 10.4. The lowest BCUT2D eigenvalue weighted by Gasteiger charge is -2.21. The van der Waals surface area contributed by atoms with Crippen LogP contribution in [-0.2, 0) is 13.0 Å². The molecule has 0 heterocycles. The van der Waals surface area contributed by atoms with Crippen molar-refractivity contribution in [1.29, 1.82) is 0 Å². The van der Waals surface area contributed by atoms with E-state index >= 15 is 0 Å². The Labute approximate surface area is 184 Å². The Balaban J connectivity index is 1.94. The number of hydrogen-bond acceptors (Lipinski definition) is 5. The van der Waals surface area contributed by atoms with E-state index in [0.29, 0.717) is 6.54 Å². The van der Waals surface area contributed by atoms with E-state index in [1.54, 1.807) is 21.3 Å². The van der Waals surface area contributed by atoms with Crippen molar-refractivity contribution < 1.29 is 19.3 Å². The number of hydrogen-bond donors (Lipinski definition) is 2. The number of anilines is 1. The molecule has 0 saturated heterocycles. The molecule has 0 aliphatic rings. The lowest BCUT2D eigenvalue weighted by atomic mass is 9.94. The maximum atomic E-state index is 11.3. The third-order valence-corrected chi connectivity index (χ3v) is 5.62. The van der Waals surface area contributed by atoms with Gasteiger partial charge in [0.25, 0.3) is 0 Å². The highest BCUT2D eigenvalue weighted by molar-refractivity contribution is 5.58. The second kappa shape index (κ2) is 10.2. The molecule has 1 atom stereocenters. The zero-order valence-electron chi connectivity index (χ0n) is 18.9. The first-order chi connectivity index (χ1) is 15.0. The molecule has 0 amide bonds. The van der Waals surface area contributed by atoms with E-state index in [4.69, 9.17) is 14.2 Å². The number of methoxy groups -OCH3 is 3. The van der Waals surface area contributed by atoms with E-state index in [1.807, 2.05) is 49.4 Å². The first-order valence-electron chi connectivity index (χ1n) is 10.4. The molecule has 0 aliphatic heterocycles. The average Bonchev–Trinajstić information content (AvgIpc) is 2.82. The number of benzene rings is 3. The third kappa shape index (κ3) is 4.94. The molecule has 0 aliphatic carbocycles. The summed E-state index contributed by atoms with van der Waals surface area (Å²) in [5.74, 6) is 2.26. The van der Waals surface area contributed by atoms with Gasteiger partial charge in [-0.05, 0) is 54.3 Å². The predicted molar refractivity (Wildman–Crippen MR) is 124 cm³/mol. The molecule has 164 valence electrons. The maximum Gasteiger partial charge on any atom is 0.127 e. The van der Waals surface area contributed by atoms with Gasteiger partial charge in [0.15, 0.2) is 0 Å². The molecule has 5 nitrogen and oxygen atoms in total. The summed E-state index contributed by atoms with van der Waals surface area (Å²) < 4.78 is 16.2. The molecule has 0 spiro atoms. The van der Waals surface area contributed by atoms with Gasteiger partial charge in [0.1, 0.15) is 23.4 Å². The molecule has 5 heteroatoms. The molecular formula is C26H31NO4. The van der Waals surface area contributed by atoms with Gasteiger partial charge in [0.2, 0.25) is 0 Å². The maximum absolute atomic E-state index is 11.3. The Morgan fingerprint density at radius 2 is 1.65 bits per heavy atom. The van der Waals surface area contributed by atoms with Gasteiger partial charge >= 0.3 is 0 Å². The lowest BCUT2D eigenvalue weighted by molar-refractivity contribution is 0.219. The summed E-state index contributed by atoms with van der Waals surface area (Å²) in [5.41, 5.74) is 5.65. The van der Waals surface area contributed by atoms with E-state index in [-0.39, 0.29) is 0 Å². The highest BCUT2D eigenvalue weighted by Gasteiger charge is 2.19. The van der Waals surface area contributed by atoms with Crippen LogP contribution in [0.5, 0.6) is 17.2 Å². The molecule has 0 saturated carbocycles. The molecule has 0 radical (unpaired) electrons. The van der Waals surface area contributed by atoms with E-state index in [9.17, 15) is 5.11 Å². The topological polar surface area (TPSA) is 60.0 Å². The Hall–Kier alpha value is -3.18. The number of rotatable bonds is 9. The Morgan fingerprint density at radius 3 is 2.32 bits per heavy atom. The Kier molecular flexibility index (Phi) is 7.42. The minimum Gasteiger partial charge on any atom is -0.497 e. The van der Waals surface area contributed by atoms with Crippen LogP contribution >= 0.6 is 0 Å². The standard InChI is InChI=1S/C26H31NO4/c1-6-18-10-13-23(27-16-19-11-12-20(29-3)15-25(19)31-5)22(14-18)26(28)21-8-7-9-24(30-4)17(21)2/h7-15,26-28H,6,16H2,1-5H3. The van der Waals surface area contributed by atoms with Crippen LogP contribution in [0.15, 0.2) is 54.6 Å². The van der Waals surface area contributed by atoms with Gasteiger partial charge in [0.05, 0.1) is 21.3 Å². The van der Waals surface area contributed by atoms with Crippen molar-refractivity contribution in [2.75, 3.05) is 26.6 Å². The molecule has 3 aromatic rings. The molecule has 0 aromatic heterocycles. The molecule has 1 unspecified atom stereocenters. The summed E-state index contributed by atoms with van der Waals surface area (Å²) in [6.07, 6.45) is 0.116. The normalized spacial score (nSPS) is 11.7. The highest BCUT2D eigenvalue weighted by Crippen LogP contribution is 2.35. The average molecular weight is 422 g/mol. The Bertz CT molecular complexity index is 1030. The van der Waals surface area contributed by atoms with Crippen molar-refractivity contribution >= 4 is 5.69 Å². The monoisotopic (exact) mass is 421 g/mol. The van der Waals surface area contributed by atoms with Crippen molar-refractivity contribution in [3.05, 3.63) is 82.4 Å². The molecule has 2 N–H and O–H groups in total. The minimum absolute atomic E-state index is 0.551. The van der Waals surface area contributed by atoms with Crippen LogP contribution in [0, 0.1) is 6.92 Å². The largest absolute Gasteiger partial charge is 0.497 e. The molecule has 31 heavy (non-hydrogen) atoms. The smallest absolute Gasteiger partial charge is 0.127 e. The number of ether oxygens (including phenoxy) is 3. The summed E-state index contributed by atoms with van der Waals surface area (Å²) in [5, 5.41) is 14.8. The van der Waals surface area contributed by atoms with Gasteiger partial charge in [-0.15, -0.1) is 0 Å². The molecule has 0 bridgehead atoms. The van der Waals surface area contributed by atoms with E-state index in [0.717, 1.165) is 51.6 Å². The Morgan fingerprint density at radius 1 is 0.871 bits per heavy atom. The van der Waals surface area contributed by atoms with Crippen LogP contribution < -0.4 is 19.5 Å². The van der Waals surface area contributed by atoms with Crippen LogP contribution in [-0.4, -0.2) is 26.4 Å². The zero-order chi connectivity index (χ0) is 22.4. The van der Waals surface area contributed by atoms with Crippen molar-refractivity contribution in [3.63, 3.8) is 0 Å². The lowest BCUT2D eigenvalue weighted by Crippen LogP contribution is -2.09. The fraction of sp³-hybridized carbons (Fsp3) is 0.308. The molecule has 3 aromatic carbocycles. The van der Waals surface area contributed by atoms with E-state index in [2.05, 4.69) is 24.4 Å². The quantitative estimate of drug-likeness (QED) is 0.492. The fourth-order valence-corrected chi connectivity index (χ4v) is 3.72. The summed E-state index contributed by atoms with van der Waals surface area (Å²) in [6, 6.07) is 17.7. The van der Waals surface area contributed by atoms with Crippen LogP contribution in [0.4, 0.5) is 5.69 Å². The fourth-order valence-electron chi connectivity index (χ4n) is 3.72. The van der Waals surface area contributed by atoms with Crippen LogP contribution in [0.3, 0.4) is 0 Å². The van der Waals surface area contributed by atoms with Crippen LogP contribution in [0.2, 0.25) is 0 Å². The second-order valence-electron chi connectivity index (χ2n) is 7.38. The van der Waals surface area contributed by atoms with Crippen LogP contribution in [0.25, 0.3) is 0 Å². The first kappa shape index (κ1) is 22.5. The summed E-state index contributed by atoms with van der Waals surface area (Å²) in [6.45, 7) is 4.63. The number of aliphatic hydroxyl groups excluding tert-OH is 1. The summed E-state index contributed by atoms with van der Waals surface area (Å²) in [7, 11) is 4.93. The van der Waals surface area contributed by atoms with E-state index < -0.39 is 6.10 Å². The van der Waals surface area contributed by atoms with Gasteiger partial charge in [-0.1, -0.05) is 31.2 Å². The van der Waals surface area contributed by atoms with Gasteiger partial charge in [0, 0.05) is 29.4 Å². The molecule has 0 fully saturated rings. The summed E-state index contributed by atoms with van der Waals surface area (Å²) >= 11 is 0. The number of aryl methyl sites for hydroxylation is 1. The van der Waals surface area contributed by atoms with Crippen molar-refractivity contribution in [1.82, 2.24) is 0 Å².